The summed E-state index contributed by atoms with van der Waals surface area (Å²) >= 11 is 3.15. The Bertz CT molecular complexity index is 772. The van der Waals surface area contributed by atoms with Crippen LogP contribution < -0.4 is 4.74 Å². The zero-order valence-electron chi connectivity index (χ0n) is 12.5. The van der Waals surface area contributed by atoms with Gasteiger partial charge in [0.05, 0.1) is 5.52 Å². The normalized spacial score (nSPS) is 13.5. The molecule has 0 radical (unpaired) electrons. The summed E-state index contributed by atoms with van der Waals surface area (Å²) in [4.78, 5) is 7.83. The Labute approximate surface area is 140 Å². The molecule has 23 heavy (non-hydrogen) atoms. The Hall–Kier alpha value is -1.89. The number of ether oxygens (including phenoxy) is 1. The molecule has 0 fully saturated rings. The number of pyridine rings is 1. The minimum Gasteiger partial charge on any atom is -0.468 e. The number of nitrogens with zero attached hydrogens (tertiary/aromatic N) is 2. The molecule has 1 atom stereocenters. The number of hydrogen-bond acceptors (Lipinski definition) is 3. The van der Waals surface area contributed by atoms with E-state index in [1.54, 1.807) is 26.0 Å². The van der Waals surface area contributed by atoms with E-state index in [1.807, 2.05) is 0 Å². The average molecular weight is 387 g/mol. The van der Waals surface area contributed by atoms with E-state index < -0.39 is 18.1 Å². The quantitative estimate of drug-likeness (QED) is 0.671. The third-order valence-corrected chi connectivity index (χ3v) is 3.24. The van der Waals surface area contributed by atoms with Gasteiger partial charge in [0.2, 0.25) is 0 Å². The van der Waals surface area contributed by atoms with Gasteiger partial charge in [-0.3, -0.25) is 0 Å². The standard InChI is InChI=1S/C16H14BrF3N2O/c1-9-4-6-13(23-11(3)21-8-10(2)17)12-5-7-14(16(18,19)20)22-15(9)12/h4-8,11H,2H2,1,3H3/b21-8-. The van der Waals surface area contributed by atoms with Crippen LogP contribution in [-0.2, 0) is 6.18 Å². The largest absolute Gasteiger partial charge is 0.468 e. The second-order valence-electron chi connectivity index (χ2n) is 4.91. The third kappa shape index (κ3) is 4.31. The average Bonchev–Trinajstić information content (AvgIpc) is 2.47. The molecule has 0 aliphatic rings. The van der Waals surface area contributed by atoms with Crippen molar-refractivity contribution in [3.63, 3.8) is 0 Å². The molecule has 0 aliphatic heterocycles. The van der Waals surface area contributed by atoms with Crippen molar-refractivity contribution in [3.8, 4) is 5.75 Å². The number of aryl methyl sites for hydroxylation is 1. The van der Waals surface area contributed by atoms with Crippen LogP contribution in [0.2, 0.25) is 0 Å². The number of benzene rings is 1. The van der Waals surface area contributed by atoms with Gasteiger partial charge in [0.25, 0.3) is 0 Å². The van der Waals surface area contributed by atoms with Gasteiger partial charge in [-0.25, -0.2) is 9.98 Å². The van der Waals surface area contributed by atoms with Gasteiger partial charge >= 0.3 is 6.18 Å². The molecule has 7 heteroatoms. The Balaban J connectivity index is 2.42. The summed E-state index contributed by atoms with van der Waals surface area (Å²) < 4.78 is 44.7. The molecule has 2 rings (SSSR count). The fourth-order valence-electron chi connectivity index (χ4n) is 1.99. The minimum atomic E-state index is -4.48. The number of allylic oxidation sites excluding steroid dienone is 1. The topological polar surface area (TPSA) is 34.5 Å². The van der Waals surface area contributed by atoms with Crippen LogP contribution >= 0.6 is 15.9 Å². The lowest BCUT2D eigenvalue weighted by molar-refractivity contribution is -0.140. The number of alkyl halides is 3. The third-order valence-electron chi connectivity index (χ3n) is 3.03. The van der Waals surface area contributed by atoms with Crippen molar-refractivity contribution < 1.29 is 17.9 Å². The lowest BCUT2D eigenvalue weighted by atomic mass is 10.1. The molecule has 0 saturated heterocycles. The molecule has 2 aromatic rings. The number of hydrogen-bond donors (Lipinski definition) is 0. The van der Waals surface area contributed by atoms with E-state index in [9.17, 15) is 13.2 Å². The maximum Gasteiger partial charge on any atom is 0.433 e. The first-order valence-electron chi connectivity index (χ1n) is 6.70. The molecule has 0 amide bonds. The molecule has 122 valence electrons. The number of rotatable bonds is 4. The summed E-state index contributed by atoms with van der Waals surface area (Å²) in [5.41, 5.74) is -0.0197. The highest BCUT2D eigenvalue weighted by molar-refractivity contribution is 9.12. The first-order chi connectivity index (χ1) is 10.7. The second kappa shape index (κ2) is 6.70. The zero-order valence-corrected chi connectivity index (χ0v) is 14.1. The SMILES string of the molecule is C=C(Br)/C=N\C(C)Oc1ccc(C)c2nc(C(F)(F)F)ccc12. The van der Waals surface area contributed by atoms with Gasteiger partial charge in [-0.2, -0.15) is 13.2 Å². The van der Waals surface area contributed by atoms with E-state index in [4.69, 9.17) is 4.74 Å². The van der Waals surface area contributed by atoms with Crippen molar-refractivity contribution in [1.29, 1.82) is 0 Å². The molecule has 1 aromatic heterocycles. The summed E-state index contributed by atoms with van der Waals surface area (Å²) in [6.07, 6.45) is -3.50. The maximum atomic E-state index is 12.8. The summed E-state index contributed by atoms with van der Waals surface area (Å²) in [7, 11) is 0. The van der Waals surface area contributed by atoms with Crippen molar-refractivity contribution in [2.24, 2.45) is 4.99 Å². The van der Waals surface area contributed by atoms with Crippen molar-refractivity contribution in [1.82, 2.24) is 4.98 Å². The van der Waals surface area contributed by atoms with E-state index in [0.717, 1.165) is 6.07 Å². The lowest BCUT2D eigenvalue weighted by Crippen LogP contribution is -2.10. The minimum absolute atomic E-state index is 0.262. The molecular formula is C16H14BrF3N2O. The molecule has 0 spiro atoms. The molecule has 1 unspecified atom stereocenters. The van der Waals surface area contributed by atoms with Crippen molar-refractivity contribution in [2.45, 2.75) is 26.3 Å². The number of fused-ring (bicyclic) bond motifs is 1. The van der Waals surface area contributed by atoms with Crippen molar-refractivity contribution in [2.75, 3.05) is 0 Å². The predicted molar refractivity (Wildman–Crippen MR) is 88.1 cm³/mol. The highest BCUT2D eigenvalue weighted by atomic mass is 79.9. The first-order valence-corrected chi connectivity index (χ1v) is 7.49. The molecule has 0 aliphatic carbocycles. The van der Waals surface area contributed by atoms with Crippen LogP contribution in [0.1, 0.15) is 18.2 Å². The highest BCUT2D eigenvalue weighted by Gasteiger charge is 2.32. The smallest absolute Gasteiger partial charge is 0.433 e. The van der Waals surface area contributed by atoms with Gasteiger partial charge < -0.3 is 4.74 Å². The van der Waals surface area contributed by atoms with Crippen molar-refractivity contribution >= 4 is 33.0 Å². The van der Waals surface area contributed by atoms with E-state index in [1.165, 1.54) is 12.3 Å². The van der Waals surface area contributed by atoms with Crippen LogP contribution in [0, 0.1) is 6.92 Å². The van der Waals surface area contributed by atoms with E-state index in [2.05, 4.69) is 32.5 Å². The molecular weight excluding hydrogens is 373 g/mol. The highest BCUT2D eigenvalue weighted by Crippen LogP contribution is 2.33. The summed E-state index contributed by atoms with van der Waals surface area (Å²) in [5, 5.41) is 0.512. The summed E-state index contributed by atoms with van der Waals surface area (Å²) in [6, 6.07) is 5.68. The van der Waals surface area contributed by atoms with Gasteiger partial charge in [0.15, 0.2) is 6.23 Å². The van der Waals surface area contributed by atoms with Crippen molar-refractivity contribution in [3.05, 3.63) is 46.6 Å². The Morgan fingerprint density at radius 2 is 2.04 bits per heavy atom. The van der Waals surface area contributed by atoms with Crippen LogP contribution in [-0.4, -0.2) is 17.4 Å². The van der Waals surface area contributed by atoms with Gasteiger partial charge in [-0.05, 0) is 53.5 Å². The van der Waals surface area contributed by atoms with Gasteiger partial charge in [0, 0.05) is 16.1 Å². The fraction of sp³-hybridized carbons (Fsp3) is 0.250. The van der Waals surface area contributed by atoms with Gasteiger partial charge in [-0.15, -0.1) is 0 Å². The Morgan fingerprint density at radius 3 is 2.65 bits per heavy atom. The first kappa shape index (κ1) is 17.5. The number of aliphatic imine (C=N–C) groups is 1. The monoisotopic (exact) mass is 386 g/mol. The second-order valence-corrected chi connectivity index (χ2v) is 5.93. The predicted octanol–water partition coefficient (Wildman–Crippen LogP) is 5.27. The molecule has 3 nitrogen and oxygen atoms in total. The summed E-state index contributed by atoms with van der Waals surface area (Å²) in [5.74, 6) is 0.427. The van der Waals surface area contributed by atoms with Crippen LogP contribution in [0.15, 0.2) is 40.3 Å². The number of aromatic nitrogens is 1. The van der Waals surface area contributed by atoms with Crippen LogP contribution in [0.4, 0.5) is 13.2 Å². The van der Waals surface area contributed by atoms with Gasteiger partial charge in [-0.1, -0.05) is 12.6 Å². The molecule has 1 heterocycles. The van der Waals surface area contributed by atoms with Gasteiger partial charge in [0.1, 0.15) is 11.4 Å². The van der Waals surface area contributed by atoms with E-state index in [0.29, 0.717) is 21.2 Å². The number of halogens is 4. The van der Waals surface area contributed by atoms with E-state index in [-0.39, 0.29) is 5.52 Å². The molecule has 1 aromatic carbocycles. The Kier molecular flexibility index (Phi) is 5.09. The molecule has 0 saturated carbocycles. The summed E-state index contributed by atoms with van der Waals surface area (Å²) in [6.45, 7) is 7.05. The fourth-order valence-corrected chi connectivity index (χ4v) is 2.11. The van der Waals surface area contributed by atoms with Crippen LogP contribution in [0.5, 0.6) is 5.75 Å². The zero-order chi connectivity index (χ0) is 17.2. The van der Waals surface area contributed by atoms with Crippen LogP contribution in [0.3, 0.4) is 0 Å². The lowest BCUT2D eigenvalue weighted by Gasteiger charge is -2.15. The maximum absolute atomic E-state index is 12.8. The molecule has 0 N–H and O–H groups in total. The Morgan fingerprint density at radius 1 is 1.35 bits per heavy atom. The van der Waals surface area contributed by atoms with Crippen LogP contribution in [0.25, 0.3) is 10.9 Å². The molecule has 0 bridgehead atoms. The van der Waals surface area contributed by atoms with E-state index >= 15 is 0 Å².